The van der Waals surface area contributed by atoms with Crippen LogP contribution in [0, 0.1) is 5.82 Å². The van der Waals surface area contributed by atoms with Crippen molar-refractivity contribution in [3.63, 3.8) is 0 Å². The molecule has 0 saturated carbocycles. The summed E-state index contributed by atoms with van der Waals surface area (Å²) in [6.45, 7) is 6.47. The van der Waals surface area contributed by atoms with Crippen LogP contribution < -0.4 is 5.32 Å². The molecule has 2 aromatic carbocycles. The Hall–Kier alpha value is -4.40. The number of likely N-dealkylation sites (tertiary alicyclic amines) is 2. The number of nitrogens with one attached hydrogen (secondary N) is 1. The van der Waals surface area contributed by atoms with Crippen LogP contribution in [0.5, 0.6) is 0 Å². The molecule has 2 fully saturated rings. The second-order valence-electron chi connectivity index (χ2n) is 12.0. The summed E-state index contributed by atoms with van der Waals surface area (Å²) < 4.78 is 13.6. The van der Waals surface area contributed by atoms with Gasteiger partial charge in [0.05, 0.1) is 19.0 Å². The van der Waals surface area contributed by atoms with Gasteiger partial charge in [0, 0.05) is 30.9 Å². The average molecular weight is 571 g/mol. The van der Waals surface area contributed by atoms with Crippen LogP contribution in [-0.4, -0.2) is 69.5 Å². The summed E-state index contributed by atoms with van der Waals surface area (Å²) in [6, 6.07) is 14.4. The molecule has 9 heteroatoms. The van der Waals surface area contributed by atoms with Crippen molar-refractivity contribution in [2.75, 3.05) is 13.1 Å². The SMILES string of the molecule is CC(C)(C)c1ccc(C(=O)NC(Cc2ccc(F)cc2)C(=O)N2CCC3C2C(=O)CN3C(=O)Cc2cccnc2)cc1. The highest BCUT2D eigenvalue weighted by atomic mass is 19.1. The van der Waals surface area contributed by atoms with Gasteiger partial charge in [-0.15, -0.1) is 0 Å². The van der Waals surface area contributed by atoms with Crippen molar-refractivity contribution in [2.45, 2.75) is 63.6 Å². The zero-order valence-corrected chi connectivity index (χ0v) is 24.0. The molecule has 218 valence electrons. The number of hydrogen-bond donors (Lipinski definition) is 1. The molecule has 0 radical (unpaired) electrons. The molecule has 1 N–H and O–H groups in total. The van der Waals surface area contributed by atoms with E-state index in [9.17, 15) is 23.6 Å². The Kier molecular flexibility index (Phi) is 8.20. The summed E-state index contributed by atoms with van der Waals surface area (Å²) in [5.74, 6) is -1.61. The van der Waals surface area contributed by atoms with Crippen LogP contribution in [0.4, 0.5) is 4.39 Å². The van der Waals surface area contributed by atoms with E-state index in [-0.39, 0.29) is 43.0 Å². The first-order valence-electron chi connectivity index (χ1n) is 14.2. The number of carbonyl (C=O) groups excluding carboxylic acids is 4. The first kappa shape index (κ1) is 29.1. The van der Waals surface area contributed by atoms with Crippen molar-refractivity contribution in [1.82, 2.24) is 20.1 Å². The van der Waals surface area contributed by atoms with E-state index in [1.54, 1.807) is 47.6 Å². The van der Waals surface area contributed by atoms with Gasteiger partial charge in [0.25, 0.3) is 5.91 Å². The summed E-state index contributed by atoms with van der Waals surface area (Å²) in [5, 5.41) is 2.87. The number of Topliss-reactive ketones (excluding diaryl/α,β-unsaturated/α-hetero) is 1. The molecule has 5 rings (SSSR count). The van der Waals surface area contributed by atoms with Crippen molar-refractivity contribution < 1.29 is 23.6 Å². The van der Waals surface area contributed by atoms with Gasteiger partial charge in [-0.05, 0) is 58.9 Å². The minimum Gasteiger partial charge on any atom is -0.340 e. The average Bonchev–Trinajstić information content (AvgIpc) is 3.55. The summed E-state index contributed by atoms with van der Waals surface area (Å²) in [6.07, 6.45) is 3.96. The van der Waals surface area contributed by atoms with Crippen LogP contribution in [-0.2, 0) is 32.6 Å². The highest BCUT2D eigenvalue weighted by Gasteiger charge is 2.52. The molecule has 3 heterocycles. The van der Waals surface area contributed by atoms with Gasteiger partial charge in [-0.2, -0.15) is 0 Å². The van der Waals surface area contributed by atoms with Crippen LogP contribution in [0.2, 0.25) is 0 Å². The van der Waals surface area contributed by atoms with E-state index in [0.29, 0.717) is 17.5 Å². The lowest BCUT2D eigenvalue weighted by Gasteiger charge is -2.28. The Balaban J connectivity index is 1.34. The molecule has 3 unspecified atom stereocenters. The zero-order chi connectivity index (χ0) is 30.0. The lowest BCUT2D eigenvalue weighted by atomic mass is 9.86. The van der Waals surface area contributed by atoms with Gasteiger partial charge in [-0.1, -0.05) is 51.1 Å². The summed E-state index contributed by atoms with van der Waals surface area (Å²) in [4.78, 5) is 60.7. The first-order chi connectivity index (χ1) is 20.0. The summed E-state index contributed by atoms with van der Waals surface area (Å²) >= 11 is 0. The Morgan fingerprint density at radius 1 is 1.00 bits per heavy atom. The number of pyridine rings is 1. The van der Waals surface area contributed by atoms with Gasteiger partial charge in [-0.25, -0.2) is 4.39 Å². The third-order valence-electron chi connectivity index (χ3n) is 8.07. The fraction of sp³-hybridized carbons (Fsp3) is 0.364. The molecule has 0 spiro atoms. The molecule has 3 atom stereocenters. The molecule has 1 aromatic heterocycles. The van der Waals surface area contributed by atoms with Gasteiger partial charge in [0.15, 0.2) is 5.78 Å². The van der Waals surface area contributed by atoms with Crippen molar-refractivity contribution >= 4 is 23.5 Å². The molecular weight excluding hydrogens is 535 g/mol. The van der Waals surface area contributed by atoms with E-state index in [1.807, 2.05) is 18.2 Å². The lowest BCUT2D eigenvalue weighted by molar-refractivity contribution is -0.138. The van der Waals surface area contributed by atoms with Crippen LogP contribution in [0.25, 0.3) is 0 Å². The number of carbonyl (C=O) groups is 4. The molecule has 8 nitrogen and oxygen atoms in total. The second-order valence-corrected chi connectivity index (χ2v) is 12.0. The number of hydrogen-bond acceptors (Lipinski definition) is 5. The molecular formula is C33H35FN4O4. The maximum Gasteiger partial charge on any atom is 0.251 e. The van der Waals surface area contributed by atoms with Crippen LogP contribution in [0.1, 0.15) is 54.2 Å². The Labute approximate surface area is 244 Å². The highest BCUT2D eigenvalue weighted by molar-refractivity contribution is 6.01. The predicted octanol–water partition coefficient (Wildman–Crippen LogP) is 3.48. The molecule has 2 aliphatic heterocycles. The summed E-state index contributed by atoms with van der Waals surface area (Å²) in [7, 11) is 0. The molecule has 0 aliphatic carbocycles. The van der Waals surface area contributed by atoms with Gasteiger partial charge in [0.2, 0.25) is 11.8 Å². The molecule has 0 bridgehead atoms. The third-order valence-corrected chi connectivity index (χ3v) is 8.07. The first-order valence-corrected chi connectivity index (χ1v) is 14.2. The normalized spacial score (nSPS) is 19.0. The second kappa shape index (κ2) is 11.8. The molecule has 2 aliphatic rings. The minimum atomic E-state index is -0.989. The third kappa shape index (κ3) is 6.25. The summed E-state index contributed by atoms with van der Waals surface area (Å²) in [5.41, 5.74) is 2.82. The van der Waals surface area contributed by atoms with Crippen molar-refractivity contribution in [1.29, 1.82) is 0 Å². The molecule has 2 saturated heterocycles. The molecule has 3 amide bonds. The minimum absolute atomic E-state index is 0.0622. The van der Waals surface area contributed by atoms with Crippen molar-refractivity contribution in [3.8, 4) is 0 Å². The monoisotopic (exact) mass is 570 g/mol. The quantitative estimate of drug-likeness (QED) is 0.469. The highest BCUT2D eigenvalue weighted by Crippen LogP contribution is 2.31. The zero-order valence-electron chi connectivity index (χ0n) is 24.0. The number of aromatic nitrogens is 1. The largest absolute Gasteiger partial charge is 0.340 e. The van der Waals surface area contributed by atoms with E-state index in [4.69, 9.17) is 0 Å². The van der Waals surface area contributed by atoms with Crippen LogP contribution >= 0.6 is 0 Å². The standard InChI is InChI=1S/C33H35FN4O4/c1-33(2,3)24-10-8-23(9-11-24)31(41)36-26(17-21-6-12-25(34)13-7-21)32(42)37-16-14-27-30(37)28(39)20-38(27)29(40)18-22-5-4-15-35-19-22/h4-13,15,19,26-27,30H,14,16-18,20H2,1-3H3,(H,36,41). The fourth-order valence-electron chi connectivity index (χ4n) is 5.79. The van der Waals surface area contributed by atoms with E-state index in [0.717, 1.165) is 11.1 Å². The Bertz CT molecular complexity index is 1470. The predicted molar refractivity (Wildman–Crippen MR) is 155 cm³/mol. The van der Waals surface area contributed by atoms with Gasteiger partial charge in [0.1, 0.15) is 17.9 Å². The van der Waals surface area contributed by atoms with E-state index in [1.165, 1.54) is 17.0 Å². The number of ketones is 1. The number of halogens is 1. The van der Waals surface area contributed by atoms with Gasteiger partial charge >= 0.3 is 0 Å². The maximum absolute atomic E-state index is 14.0. The van der Waals surface area contributed by atoms with Crippen molar-refractivity contribution in [3.05, 3.63) is 101 Å². The lowest BCUT2D eigenvalue weighted by Crippen LogP contribution is -2.53. The number of benzene rings is 2. The smallest absolute Gasteiger partial charge is 0.251 e. The number of amides is 3. The van der Waals surface area contributed by atoms with E-state index >= 15 is 0 Å². The Morgan fingerprint density at radius 3 is 2.36 bits per heavy atom. The molecule has 42 heavy (non-hydrogen) atoms. The van der Waals surface area contributed by atoms with Gasteiger partial charge in [-0.3, -0.25) is 24.2 Å². The number of rotatable bonds is 7. The fourth-order valence-corrected chi connectivity index (χ4v) is 5.79. The van der Waals surface area contributed by atoms with Crippen LogP contribution in [0.3, 0.4) is 0 Å². The van der Waals surface area contributed by atoms with Gasteiger partial charge < -0.3 is 15.1 Å². The number of nitrogens with zero attached hydrogens (tertiary/aromatic N) is 3. The Morgan fingerprint density at radius 2 is 1.71 bits per heavy atom. The van der Waals surface area contributed by atoms with E-state index in [2.05, 4.69) is 31.1 Å². The topological polar surface area (TPSA) is 99.7 Å². The maximum atomic E-state index is 14.0. The van der Waals surface area contributed by atoms with Crippen LogP contribution in [0.15, 0.2) is 73.1 Å². The van der Waals surface area contributed by atoms with Crippen molar-refractivity contribution in [2.24, 2.45) is 0 Å². The molecule has 3 aromatic rings. The van der Waals surface area contributed by atoms with E-state index < -0.39 is 35.8 Å². The number of fused-ring (bicyclic) bond motifs is 1.